The van der Waals surface area contributed by atoms with E-state index in [1.807, 2.05) is 30.3 Å². The Bertz CT molecular complexity index is 1110. The van der Waals surface area contributed by atoms with Gasteiger partial charge in [0, 0.05) is 6.20 Å². The van der Waals surface area contributed by atoms with E-state index >= 15 is 0 Å². The number of aliphatic hydroxyl groups is 1. The summed E-state index contributed by atoms with van der Waals surface area (Å²) in [6.45, 7) is 0.443. The van der Waals surface area contributed by atoms with Gasteiger partial charge in [-0.2, -0.15) is 0 Å². The van der Waals surface area contributed by atoms with Crippen molar-refractivity contribution in [1.29, 1.82) is 0 Å². The molecular formula is C23H24FN5O5. The second-order valence-corrected chi connectivity index (χ2v) is 7.76. The number of benzene rings is 2. The van der Waals surface area contributed by atoms with Crippen LogP contribution in [0.3, 0.4) is 0 Å². The molecule has 1 aliphatic heterocycles. The van der Waals surface area contributed by atoms with Gasteiger partial charge >= 0.3 is 6.09 Å². The molecule has 1 unspecified atom stereocenters. The van der Waals surface area contributed by atoms with Crippen LogP contribution in [0.1, 0.15) is 12.0 Å². The number of rotatable bonds is 10. The van der Waals surface area contributed by atoms with Gasteiger partial charge in [0.05, 0.1) is 56.4 Å². The largest absolute Gasteiger partial charge is 0.442 e. The first-order chi connectivity index (χ1) is 16.5. The summed E-state index contributed by atoms with van der Waals surface area (Å²) in [6, 6.07) is 13.4. The molecule has 1 saturated heterocycles. The highest BCUT2D eigenvalue weighted by Gasteiger charge is 2.33. The Morgan fingerprint density at radius 2 is 2.12 bits per heavy atom. The zero-order chi connectivity index (χ0) is 23.9. The first kappa shape index (κ1) is 23.3. The topological polar surface area (TPSA) is 119 Å². The third-order valence-electron chi connectivity index (χ3n) is 5.22. The Morgan fingerprint density at radius 3 is 2.82 bits per heavy atom. The molecule has 1 aliphatic rings. The molecule has 0 radical (unpaired) electrons. The average molecular weight is 469 g/mol. The van der Waals surface area contributed by atoms with Crippen LogP contribution in [0.15, 0.2) is 60.9 Å². The van der Waals surface area contributed by atoms with Crippen molar-refractivity contribution in [1.82, 2.24) is 15.0 Å². The molecule has 0 saturated carbocycles. The van der Waals surface area contributed by atoms with E-state index in [1.165, 1.54) is 23.2 Å². The van der Waals surface area contributed by atoms with Gasteiger partial charge in [0.1, 0.15) is 11.9 Å². The molecule has 1 aromatic heterocycles. The molecule has 2 atom stereocenters. The average Bonchev–Trinajstić information content (AvgIpc) is 3.48. The minimum Gasteiger partial charge on any atom is -0.442 e. The van der Waals surface area contributed by atoms with Crippen LogP contribution in [0.4, 0.5) is 20.6 Å². The first-order valence-corrected chi connectivity index (χ1v) is 10.7. The number of amides is 2. The number of aliphatic hydroxyl groups excluding tert-OH is 1. The van der Waals surface area contributed by atoms with Crippen molar-refractivity contribution in [3.8, 4) is 0 Å². The second-order valence-electron chi connectivity index (χ2n) is 7.76. The SMILES string of the molecule is O=C(CC(CO)OCc1ccccc1)Nc1ccc(N2C[C@H](Cn3ccnn3)OC2=O)cc1F. The summed E-state index contributed by atoms with van der Waals surface area (Å²) in [5.74, 6) is -1.21. The van der Waals surface area contributed by atoms with Crippen molar-refractivity contribution in [2.75, 3.05) is 23.4 Å². The Balaban J connectivity index is 1.31. The summed E-state index contributed by atoms with van der Waals surface area (Å²) < 4.78 is 27.1. The molecule has 0 bridgehead atoms. The predicted molar refractivity (Wildman–Crippen MR) is 119 cm³/mol. The van der Waals surface area contributed by atoms with Gasteiger partial charge in [-0.3, -0.25) is 9.69 Å². The van der Waals surface area contributed by atoms with E-state index in [0.717, 1.165) is 11.6 Å². The lowest BCUT2D eigenvalue weighted by Crippen LogP contribution is -2.27. The smallest absolute Gasteiger partial charge is 0.414 e. The first-order valence-electron chi connectivity index (χ1n) is 10.7. The molecule has 178 valence electrons. The van der Waals surface area contributed by atoms with Crippen LogP contribution >= 0.6 is 0 Å². The minimum absolute atomic E-state index is 0.0415. The molecule has 4 rings (SSSR count). The number of nitrogens with zero attached hydrogens (tertiary/aromatic N) is 4. The van der Waals surface area contributed by atoms with E-state index in [4.69, 9.17) is 9.47 Å². The van der Waals surface area contributed by atoms with Crippen molar-refractivity contribution in [3.05, 3.63) is 72.3 Å². The van der Waals surface area contributed by atoms with Crippen molar-refractivity contribution < 1.29 is 28.6 Å². The molecule has 2 amide bonds. The van der Waals surface area contributed by atoms with Gasteiger partial charge in [0.15, 0.2) is 0 Å². The second kappa shape index (κ2) is 10.9. The fraction of sp³-hybridized carbons (Fsp3) is 0.304. The molecule has 11 heteroatoms. The number of anilines is 2. The summed E-state index contributed by atoms with van der Waals surface area (Å²) in [5, 5.41) is 19.6. The van der Waals surface area contributed by atoms with Gasteiger partial charge in [0.25, 0.3) is 0 Å². The summed E-state index contributed by atoms with van der Waals surface area (Å²) in [7, 11) is 0. The fourth-order valence-corrected chi connectivity index (χ4v) is 3.51. The van der Waals surface area contributed by atoms with Gasteiger partial charge < -0.3 is 19.9 Å². The van der Waals surface area contributed by atoms with E-state index in [1.54, 1.807) is 10.9 Å². The lowest BCUT2D eigenvalue weighted by Gasteiger charge is -2.17. The molecule has 1 fully saturated rings. The third kappa shape index (κ3) is 5.94. The van der Waals surface area contributed by atoms with E-state index in [0.29, 0.717) is 12.2 Å². The van der Waals surface area contributed by atoms with Crippen molar-refractivity contribution >= 4 is 23.4 Å². The molecule has 3 aromatic rings. The highest BCUT2D eigenvalue weighted by molar-refractivity contribution is 5.93. The van der Waals surface area contributed by atoms with E-state index in [-0.39, 0.29) is 31.9 Å². The third-order valence-corrected chi connectivity index (χ3v) is 5.22. The van der Waals surface area contributed by atoms with Gasteiger partial charge in [0.2, 0.25) is 5.91 Å². The van der Waals surface area contributed by atoms with Crippen LogP contribution in [0.2, 0.25) is 0 Å². The monoisotopic (exact) mass is 469 g/mol. The molecule has 2 aromatic carbocycles. The van der Waals surface area contributed by atoms with Crippen LogP contribution in [0.25, 0.3) is 0 Å². The lowest BCUT2D eigenvalue weighted by molar-refractivity contribution is -0.120. The standard InChI is InChI=1S/C23H24FN5O5/c24-20-10-17(29-13-19(34-23(29)32)12-28-9-8-25-27-28)6-7-21(20)26-22(31)11-18(14-30)33-15-16-4-2-1-3-5-16/h1-10,18-19,30H,11-15H2,(H,26,31)/t18?,19-/m0/s1. The molecular weight excluding hydrogens is 445 g/mol. The maximum absolute atomic E-state index is 14.7. The maximum atomic E-state index is 14.7. The van der Waals surface area contributed by atoms with Gasteiger partial charge in [-0.05, 0) is 23.8 Å². The Hall–Kier alpha value is -3.83. The molecule has 10 nitrogen and oxygen atoms in total. The predicted octanol–water partition coefficient (Wildman–Crippen LogP) is 2.35. The van der Waals surface area contributed by atoms with Crippen LogP contribution in [0.5, 0.6) is 0 Å². The minimum atomic E-state index is -0.733. The molecule has 2 N–H and O–H groups in total. The molecule has 0 spiro atoms. The molecule has 34 heavy (non-hydrogen) atoms. The lowest BCUT2D eigenvalue weighted by atomic mass is 10.2. The number of hydrogen-bond donors (Lipinski definition) is 2. The van der Waals surface area contributed by atoms with Gasteiger partial charge in [-0.15, -0.1) is 5.10 Å². The van der Waals surface area contributed by atoms with Crippen LogP contribution in [-0.4, -0.2) is 57.5 Å². The highest BCUT2D eigenvalue weighted by Crippen LogP contribution is 2.26. The van der Waals surface area contributed by atoms with Crippen molar-refractivity contribution in [2.24, 2.45) is 0 Å². The van der Waals surface area contributed by atoms with Crippen molar-refractivity contribution in [3.63, 3.8) is 0 Å². The maximum Gasteiger partial charge on any atom is 0.414 e. The number of ether oxygens (including phenoxy) is 2. The molecule has 0 aliphatic carbocycles. The fourth-order valence-electron chi connectivity index (χ4n) is 3.51. The number of hydrogen-bond acceptors (Lipinski definition) is 7. The van der Waals surface area contributed by atoms with Crippen molar-refractivity contribution in [2.45, 2.75) is 31.8 Å². The summed E-state index contributed by atoms with van der Waals surface area (Å²) in [6.07, 6.45) is 1.25. The summed E-state index contributed by atoms with van der Waals surface area (Å²) in [4.78, 5) is 25.9. The molecule has 2 heterocycles. The Kier molecular flexibility index (Phi) is 7.45. The van der Waals surface area contributed by atoms with E-state index in [2.05, 4.69) is 15.6 Å². The zero-order valence-electron chi connectivity index (χ0n) is 18.2. The summed E-state index contributed by atoms with van der Waals surface area (Å²) >= 11 is 0. The highest BCUT2D eigenvalue weighted by atomic mass is 19.1. The number of aromatic nitrogens is 3. The summed E-state index contributed by atoms with van der Waals surface area (Å²) in [5.41, 5.74) is 1.17. The number of carbonyl (C=O) groups excluding carboxylic acids is 2. The van der Waals surface area contributed by atoms with Gasteiger partial charge in [-0.1, -0.05) is 35.5 Å². The van der Waals surface area contributed by atoms with Crippen LogP contribution < -0.4 is 10.2 Å². The number of halogens is 1. The Morgan fingerprint density at radius 1 is 1.29 bits per heavy atom. The Labute approximate surface area is 194 Å². The van der Waals surface area contributed by atoms with Gasteiger partial charge in [-0.25, -0.2) is 13.9 Å². The number of nitrogens with one attached hydrogen (secondary N) is 1. The normalized spacial score (nSPS) is 16.4. The van der Waals surface area contributed by atoms with Crippen LogP contribution in [-0.2, 0) is 27.4 Å². The number of cyclic esters (lactones) is 1. The van der Waals surface area contributed by atoms with E-state index in [9.17, 15) is 19.1 Å². The number of carbonyl (C=O) groups is 2. The quantitative estimate of drug-likeness (QED) is 0.468. The van der Waals surface area contributed by atoms with Crippen LogP contribution in [0, 0.1) is 5.82 Å². The zero-order valence-corrected chi connectivity index (χ0v) is 18.2. The van der Waals surface area contributed by atoms with E-state index < -0.39 is 30.0 Å².